The van der Waals surface area contributed by atoms with Gasteiger partial charge in [-0.1, -0.05) is 5.16 Å². The van der Waals surface area contributed by atoms with Crippen molar-refractivity contribution >= 4 is 17.2 Å². The largest absolute Gasteiger partial charge is 0.338 e. The van der Waals surface area contributed by atoms with Crippen molar-refractivity contribution in [1.29, 1.82) is 0 Å². The van der Waals surface area contributed by atoms with Crippen LogP contribution in [0.5, 0.6) is 0 Å². The number of carbonyl (C=O) groups is 1. The minimum atomic E-state index is -0.305. The number of aryl methyl sites for hydroxylation is 2. The van der Waals surface area contributed by atoms with Crippen LogP contribution in [0.25, 0.3) is 11.5 Å². The highest BCUT2D eigenvalue weighted by Gasteiger charge is 2.30. The van der Waals surface area contributed by atoms with Gasteiger partial charge < -0.3 is 9.42 Å². The van der Waals surface area contributed by atoms with Crippen LogP contribution in [0.1, 0.15) is 32.6 Å². The third-order valence-electron chi connectivity index (χ3n) is 4.70. The first-order valence-corrected chi connectivity index (χ1v) is 9.63. The van der Waals surface area contributed by atoms with Gasteiger partial charge in [0.25, 0.3) is 11.8 Å². The fourth-order valence-electron chi connectivity index (χ4n) is 3.36. The molecule has 6 nitrogen and oxygen atoms in total. The topological polar surface area (TPSA) is 72.1 Å². The Labute approximate surface area is 160 Å². The van der Waals surface area contributed by atoms with E-state index in [2.05, 4.69) is 15.1 Å². The zero-order valence-electron chi connectivity index (χ0n) is 15.1. The van der Waals surface area contributed by atoms with Crippen molar-refractivity contribution in [2.45, 2.75) is 26.7 Å². The number of thiazole rings is 1. The number of carbonyl (C=O) groups excluding carboxylic acids is 1. The van der Waals surface area contributed by atoms with Gasteiger partial charge in [0.2, 0.25) is 0 Å². The molecule has 1 saturated heterocycles. The van der Waals surface area contributed by atoms with Crippen LogP contribution >= 0.6 is 11.3 Å². The van der Waals surface area contributed by atoms with Crippen LogP contribution in [-0.4, -0.2) is 39.0 Å². The Bertz CT molecular complexity index is 967. The SMILES string of the molecule is Cc1nc(C)c(C(=O)N2CCC(Cc3noc(-c4ccc(F)cc4)n3)C2)s1. The third-order valence-corrected chi connectivity index (χ3v) is 5.76. The molecule has 1 amide bonds. The highest BCUT2D eigenvalue weighted by atomic mass is 32.1. The van der Waals surface area contributed by atoms with Crippen LogP contribution in [0.3, 0.4) is 0 Å². The number of aromatic nitrogens is 3. The van der Waals surface area contributed by atoms with Crippen molar-refractivity contribution in [1.82, 2.24) is 20.0 Å². The maximum Gasteiger partial charge on any atom is 0.265 e. The second-order valence-electron chi connectivity index (χ2n) is 6.78. The molecule has 0 spiro atoms. The molecule has 0 N–H and O–H groups in total. The summed E-state index contributed by atoms with van der Waals surface area (Å²) in [6, 6.07) is 5.95. The van der Waals surface area contributed by atoms with Gasteiger partial charge in [0.15, 0.2) is 5.82 Å². The zero-order valence-corrected chi connectivity index (χ0v) is 15.9. The zero-order chi connectivity index (χ0) is 19.0. The van der Waals surface area contributed by atoms with Gasteiger partial charge in [-0.25, -0.2) is 9.37 Å². The van der Waals surface area contributed by atoms with Crippen LogP contribution in [0.4, 0.5) is 4.39 Å². The Morgan fingerprint density at radius 2 is 2.07 bits per heavy atom. The monoisotopic (exact) mass is 386 g/mol. The van der Waals surface area contributed by atoms with Crippen molar-refractivity contribution in [2.75, 3.05) is 13.1 Å². The summed E-state index contributed by atoms with van der Waals surface area (Å²) in [4.78, 5) is 24.1. The minimum absolute atomic E-state index is 0.0562. The number of amides is 1. The van der Waals surface area contributed by atoms with Gasteiger partial charge in [-0.05, 0) is 50.5 Å². The summed E-state index contributed by atoms with van der Waals surface area (Å²) in [5.74, 6) is 1.04. The Kier molecular flexibility index (Phi) is 4.73. The predicted octanol–water partition coefficient (Wildman–Crippen LogP) is 3.65. The van der Waals surface area contributed by atoms with E-state index in [1.54, 1.807) is 12.1 Å². The van der Waals surface area contributed by atoms with E-state index in [0.29, 0.717) is 36.2 Å². The highest BCUT2D eigenvalue weighted by Crippen LogP contribution is 2.26. The Hall–Kier alpha value is -2.61. The fourth-order valence-corrected chi connectivity index (χ4v) is 4.25. The predicted molar refractivity (Wildman–Crippen MR) is 99.0 cm³/mol. The summed E-state index contributed by atoms with van der Waals surface area (Å²) in [6.45, 7) is 5.19. The van der Waals surface area contributed by atoms with Gasteiger partial charge in [0.1, 0.15) is 10.7 Å². The second-order valence-corrected chi connectivity index (χ2v) is 7.98. The van der Waals surface area contributed by atoms with Crippen molar-refractivity contribution in [3.63, 3.8) is 0 Å². The van der Waals surface area contributed by atoms with Crippen LogP contribution in [0.2, 0.25) is 0 Å². The molecule has 140 valence electrons. The smallest absolute Gasteiger partial charge is 0.265 e. The van der Waals surface area contributed by atoms with Crippen LogP contribution in [0, 0.1) is 25.6 Å². The molecule has 0 bridgehead atoms. The quantitative estimate of drug-likeness (QED) is 0.684. The molecule has 8 heteroatoms. The molecule has 0 radical (unpaired) electrons. The van der Waals surface area contributed by atoms with Crippen molar-refractivity contribution in [3.05, 3.63) is 51.5 Å². The van der Waals surface area contributed by atoms with Gasteiger partial charge in [-0.15, -0.1) is 11.3 Å². The summed E-state index contributed by atoms with van der Waals surface area (Å²) in [6.07, 6.45) is 1.55. The summed E-state index contributed by atoms with van der Waals surface area (Å²) < 4.78 is 18.3. The third kappa shape index (κ3) is 3.75. The molecule has 1 atom stereocenters. The minimum Gasteiger partial charge on any atom is -0.338 e. The van der Waals surface area contributed by atoms with E-state index in [9.17, 15) is 9.18 Å². The Balaban J connectivity index is 1.39. The lowest BCUT2D eigenvalue weighted by Gasteiger charge is -2.15. The average Bonchev–Trinajstić information content (AvgIpc) is 3.36. The number of hydrogen-bond acceptors (Lipinski definition) is 6. The molecular formula is C19H19FN4O2S. The van der Waals surface area contributed by atoms with Gasteiger partial charge in [-0.3, -0.25) is 4.79 Å². The van der Waals surface area contributed by atoms with Crippen LogP contribution < -0.4 is 0 Å². The fraction of sp³-hybridized carbons (Fsp3) is 0.368. The van der Waals surface area contributed by atoms with Gasteiger partial charge in [-0.2, -0.15) is 4.98 Å². The van der Waals surface area contributed by atoms with E-state index in [0.717, 1.165) is 28.5 Å². The number of hydrogen-bond donors (Lipinski definition) is 0. The van der Waals surface area contributed by atoms with E-state index in [-0.39, 0.29) is 11.7 Å². The molecule has 1 unspecified atom stereocenters. The molecular weight excluding hydrogens is 367 g/mol. The molecule has 4 rings (SSSR count). The molecule has 1 fully saturated rings. The first kappa shape index (κ1) is 17.8. The number of rotatable bonds is 4. The molecule has 27 heavy (non-hydrogen) atoms. The number of halogens is 1. The number of nitrogens with zero attached hydrogens (tertiary/aromatic N) is 4. The average molecular weight is 386 g/mol. The summed E-state index contributed by atoms with van der Waals surface area (Å²) in [7, 11) is 0. The summed E-state index contributed by atoms with van der Waals surface area (Å²) in [5, 5.41) is 4.94. The Morgan fingerprint density at radius 1 is 1.30 bits per heavy atom. The van der Waals surface area contributed by atoms with E-state index >= 15 is 0 Å². The maximum absolute atomic E-state index is 13.0. The lowest BCUT2D eigenvalue weighted by molar-refractivity contribution is 0.0790. The van der Waals surface area contributed by atoms with Gasteiger partial charge in [0, 0.05) is 25.1 Å². The molecule has 1 aliphatic heterocycles. The highest BCUT2D eigenvalue weighted by molar-refractivity contribution is 7.13. The molecule has 3 aromatic rings. The van der Waals surface area contributed by atoms with E-state index in [1.807, 2.05) is 18.7 Å². The number of benzene rings is 1. The van der Waals surface area contributed by atoms with Crippen LogP contribution in [-0.2, 0) is 6.42 Å². The van der Waals surface area contributed by atoms with Crippen molar-refractivity contribution in [2.24, 2.45) is 5.92 Å². The summed E-state index contributed by atoms with van der Waals surface area (Å²) in [5.41, 5.74) is 1.49. The lowest BCUT2D eigenvalue weighted by Crippen LogP contribution is -2.28. The van der Waals surface area contributed by atoms with Crippen molar-refractivity contribution in [3.8, 4) is 11.5 Å². The summed E-state index contributed by atoms with van der Waals surface area (Å²) >= 11 is 1.45. The van der Waals surface area contributed by atoms with Gasteiger partial charge in [0.05, 0.1) is 10.7 Å². The van der Waals surface area contributed by atoms with E-state index < -0.39 is 0 Å². The number of likely N-dealkylation sites (tertiary alicyclic amines) is 1. The van der Waals surface area contributed by atoms with Gasteiger partial charge >= 0.3 is 0 Å². The normalized spacial score (nSPS) is 16.9. The van der Waals surface area contributed by atoms with Crippen LogP contribution in [0.15, 0.2) is 28.8 Å². The maximum atomic E-state index is 13.0. The second kappa shape index (κ2) is 7.19. The molecule has 3 heterocycles. The first-order valence-electron chi connectivity index (χ1n) is 8.81. The first-order chi connectivity index (χ1) is 13.0. The molecule has 1 aliphatic rings. The van der Waals surface area contributed by atoms with Crippen molar-refractivity contribution < 1.29 is 13.7 Å². The van der Waals surface area contributed by atoms with E-state index in [1.165, 1.54) is 23.5 Å². The molecule has 2 aromatic heterocycles. The standard InChI is InChI=1S/C19H19FN4O2S/c1-11-17(27-12(2)21-11)19(25)24-8-7-13(10-24)9-16-22-18(26-23-16)14-3-5-15(20)6-4-14/h3-6,13H,7-10H2,1-2H3. The molecule has 1 aromatic carbocycles. The Morgan fingerprint density at radius 3 is 2.78 bits per heavy atom. The van der Waals surface area contributed by atoms with E-state index in [4.69, 9.17) is 4.52 Å². The molecule has 0 saturated carbocycles. The molecule has 0 aliphatic carbocycles. The lowest BCUT2D eigenvalue weighted by atomic mass is 10.1.